The fourth-order valence-corrected chi connectivity index (χ4v) is 3.33. The van der Waals surface area contributed by atoms with Gasteiger partial charge < -0.3 is 15.2 Å². The van der Waals surface area contributed by atoms with Gasteiger partial charge in [-0.2, -0.15) is 0 Å². The average Bonchev–Trinajstić information content (AvgIpc) is 2.96. The molecule has 1 fully saturated rings. The van der Waals surface area contributed by atoms with Gasteiger partial charge in [0.05, 0.1) is 5.56 Å². The van der Waals surface area contributed by atoms with Gasteiger partial charge in [0.15, 0.2) is 0 Å². The monoisotopic (exact) mass is 369 g/mol. The fraction of sp³-hybridized carbons (Fsp3) is 0.350. The quantitative estimate of drug-likeness (QED) is 0.808. The number of aromatic amines is 1. The summed E-state index contributed by atoms with van der Waals surface area (Å²) in [6.45, 7) is 2.07. The maximum atomic E-state index is 12.6. The lowest BCUT2D eigenvalue weighted by Gasteiger charge is -2.20. The first-order chi connectivity index (χ1) is 12.6. The van der Waals surface area contributed by atoms with Gasteiger partial charge in [0.2, 0.25) is 0 Å². The minimum Gasteiger partial charge on any atom is -0.352 e. The smallest absolute Gasteiger partial charge is 0.254 e. The van der Waals surface area contributed by atoms with E-state index in [1.54, 1.807) is 18.3 Å². The molecule has 0 saturated carbocycles. The Hall–Kier alpha value is -2.47. The lowest BCUT2D eigenvalue weighted by Crippen LogP contribution is -2.31. The number of H-pyrrole nitrogens is 1. The van der Waals surface area contributed by atoms with E-state index in [4.69, 9.17) is 12.2 Å². The molecule has 136 valence electrons. The van der Waals surface area contributed by atoms with Crippen LogP contribution in [-0.2, 0) is 6.54 Å². The van der Waals surface area contributed by atoms with Crippen LogP contribution in [0.25, 0.3) is 0 Å². The molecule has 2 amide bonds. The van der Waals surface area contributed by atoms with E-state index in [2.05, 4.69) is 10.3 Å². The number of hydrogen-bond acceptors (Lipinski definition) is 3. The number of amides is 2. The minimum atomic E-state index is -0.212. The van der Waals surface area contributed by atoms with Gasteiger partial charge in [-0.25, -0.2) is 0 Å². The standard InChI is InChI=1S/C20H23N3O2S/c24-18(17-6-5-11-21-19(17)26)22-14-15-7-9-16(10-8-15)20(25)23-12-3-1-2-4-13-23/h5-11H,1-4,12-14H2,(H,21,26)(H,22,24). The summed E-state index contributed by atoms with van der Waals surface area (Å²) in [6.07, 6.45) is 6.26. The largest absolute Gasteiger partial charge is 0.352 e. The Kier molecular flexibility index (Phi) is 6.17. The number of benzene rings is 1. The molecule has 0 aliphatic carbocycles. The number of carbonyl (C=O) groups is 2. The Labute approximate surface area is 158 Å². The Morgan fingerprint density at radius 1 is 1.04 bits per heavy atom. The number of carbonyl (C=O) groups excluding carboxylic acids is 2. The first-order valence-corrected chi connectivity index (χ1v) is 9.40. The van der Waals surface area contributed by atoms with E-state index in [1.807, 2.05) is 29.2 Å². The van der Waals surface area contributed by atoms with Gasteiger partial charge in [-0.3, -0.25) is 9.59 Å². The Morgan fingerprint density at radius 3 is 2.38 bits per heavy atom. The zero-order valence-electron chi connectivity index (χ0n) is 14.7. The van der Waals surface area contributed by atoms with Crippen molar-refractivity contribution in [3.63, 3.8) is 0 Å². The van der Waals surface area contributed by atoms with Crippen molar-refractivity contribution in [2.75, 3.05) is 13.1 Å². The molecule has 1 aliphatic heterocycles. The van der Waals surface area contributed by atoms with E-state index in [0.29, 0.717) is 22.3 Å². The lowest BCUT2D eigenvalue weighted by atomic mass is 10.1. The molecule has 1 aromatic carbocycles. The molecule has 0 bridgehead atoms. The summed E-state index contributed by atoms with van der Waals surface area (Å²) in [5.41, 5.74) is 2.10. The average molecular weight is 369 g/mol. The molecule has 2 N–H and O–H groups in total. The van der Waals surface area contributed by atoms with Gasteiger partial charge in [0.25, 0.3) is 11.8 Å². The highest BCUT2D eigenvalue weighted by Gasteiger charge is 2.17. The van der Waals surface area contributed by atoms with Gasteiger partial charge >= 0.3 is 0 Å². The van der Waals surface area contributed by atoms with Crippen molar-refractivity contribution < 1.29 is 9.59 Å². The topological polar surface area (TPSA) is 65.2 Å². The highest BCUT2D eigenvalue weighted by molar-refractivity contribution is 7.71. The van der Waals surface area contributed by atoms with Crippen LogP contribution in [-0.4, -0.2) is 34.8 Å². The predicted molar refractivity (Wildman–Crippen MR) is 104 cm³/mol. The number of nitrogens with one attached hydrogen (secondary N) is 2. The van der Waals surface area contributed by atoms with E-state index in [1.165, 1.54) is 12.8 Å². The van der Waals surface area contributed by atoms with Crippen LogP contribution < -0.4 is 5.32 Å². The molecule has 6 heteroatoms. The molecular weight excluding hydrogens is 346 g/mol. The Balaban J connectivity index is 1.59. The van der Waals surface area contributed by atoms with Crippen molar-refractivity contribution in [3.8, 4) is 0 Å². The third-order valence-electron chi connectivity index (χ3n) is 4.61. The molecule has 0 unspecified atom stereocenters. The second kappa shape index (κ2) is 8.76. The van der Waals surface area contributed by atoms with Crippen molar-refractivity contribution in [2.24, 2.45) is 0 Å². The Bertz CT molecular complexity index is 821. The van der Waals surface area contributed by atoms with E-state index in [0.717, 1.165) is 31.5 Å². The van der Waals surface area contributed by atoms with Crippen LogP contribution in [0.5, 0.6) is 0 Å². The molecule has 0 atom stereocenters. The Morgan fingerprint density at radius 2 is 1.73 bits per heavy atom. The molecule has 2 aromatic rings. The third kappa shape index (κ3) is 4.58. The van der Waals surface area contributed by atoms with Crippen LogP contribution in [0.2, 0.25) is 0 Å². The SMILES string of the molecule is O=C(NCc1ccc(C(=O)N2CCCCCC2)cc1)c1ccc[nH]c1=S. The maximum Gasteiger partial charge on any atom is 0.254 e. The van der Waals surface area contributed by atoms with Crippen molar-refractivity contribution in [3.05, 3.63) is 63.9 Å². The summed E-state index contributed by atoms with van der Waals surface area (Å²) in [4.78, 5) is 29.6. The van der Waals surface area contributed by atoms with E-state index in [9.17, 15) is 9.59 Å². The second-order valence-electron chi connectivity index (χ2n) is 6.50. The number of rotatable bonds is 4. The highest BCUT2D eigenvalue weighted by atomic mass is 32.1. The molecule has 5 nitrogen and oxygen atoms in total. The van der Waals surface area contributed by atoms with Crippen LogP contribution in [0.3, 0.4) is 0 Å². The van der Waals surface area contributed by atoms with Crippen molar-refractivity contribution >= 4 is 24.0 Å². The van der Waals surface area contributed by atoms with Crippen LogP contribution >= 0.6 is 12.2 Å². The summed E-state index contributed by atoms with van der Waals surface area (Å²) in [6, 6.07) is 10.9. The maximum absolute atomic E-state index is 12.6. The number of likely N-dealkylation sites (tertiary alicyclic amines) is 1. The van der Waals surface area contributed by atoms with Gasteiger partial charge in [-0.1, -0.05) is 37.2 Å². The van der Waals surface area contributed by atoms with Gasteiger partial charge in [0, 0.05) is 31.4 Å². The van der Waals surface area contributed by atoms with E-state index >= 15 is 0 Å². The van der Waals surface area contributed by atoms with Crippen molar-refractivity contribution in [1.82, 2.24) is 15.2 Å². The number of nitrogens with zero attached hydrogens (tertiary/aromatic N) is 1. The zero-order chi connectivity index (χ0) is 18.4. The molecule has 3 rings (SSSR count). The first kappa shape index (κ1) is 18.3. The molecule has 1 saturated heterocycles. The molecule has 26 heavy (non-hydrogen) atoms. The molecular formula is C20H23N3O2S. The van der Waals surface area contributed by atoms with Gasteiger partial charge in [0.1, 0.15) is 4.64 Å². The minimum absolute atomic E-state index is 0.0954. The summed E-state index contributed by atoms with van der Waals surface area (Å²) in [5.74, 6) is -0.116. The van der Waals surface area contributed by atoms with Gasteiger partial charge in [-0.05, 0) is 42.7 Å². The second-order valence-corrected chi connectivity index (χ2v) is 6.91. The van der Waals surface area contributed by atoms with Gasteiger partial charge in [-0.15, -0.1) is 0 Å². The van der Waals surface area contributed by atoms with Crippen molar-refractivity contribution in [2.45, 2.75) is 32.2 Å². The van der Waals surface area contributed by atoms with Crippen LogP contribution in [0.15, 0.2) is 42.6 Å². The van der Waals surface area contributed by atoms with Crippen LogP contribution in [0, 0.1) is 4.64 Å². The number of aromatic nitrogens is 1. The van der Waals surface area contributed by atoms with Crippen LogP contribution in [0.1, 0.15) is 52.0 Å². The fourth-order valence-electron chi connectivity index (χ4n) is 3.10. The zero-order valence-corrected chi connectivity index (χ0v) is 15.5. The summed E-state index contributed by atoms with van der Waals surface area (Å²) < 4.78 is 0.420. The normalized spacial score (nSPS) is 14.5. The highest BCUT2D eigenvalue weighted by Crippen LogP contribution is 2.14. The first-order valence-electron chi connectivity index (χ1n) is 8.99. The third-order valence-corrected chi connectivity index (χ3v) is 4.95. The van der Waals surface area contributed by atoms with E-state index in [-0.39, 0.29) is 11.8 Å². The summed E-state index contributed by atoms with van der Waals surface area (Å²) in [5, 5.41) is 2.86. The van der Waals surface area contributed by atoms with Crippen molar-refractivity contribution in [1.29, 1.82) is 0 Å². The summed E-state index contributed by atoms with van der Waals surface area (Å²) >= 11 is 5.12. The molecule has 2 heterocycles. The molecule has 1 aliphatic rings. The molecule has 1 aromatic heterocycles. The molecule has 0 spiro atoms. The lowest BCUT2D eigenvalue weighted by molar-refractivity contribution is 0.0761. The van der Waals surface area contributed by atoms with Crippen LogP contribution in [0.4, 0.5) is 0 Å². The van der Waals surface area contributed by atoms with E-state index < -0.39 is 0 Å². The number of pyridine rings is 1. The predicted octanol–water partition coefficient (Wildman–Crippen LogP) is 3.69. The summed E-state index contributed by atoms with van der Waals surface area (Å²) in [7, 11) is 0. The number of hydrogen-bond donors (Lipinski definition) is 2. The molecule has 0 radical (unpaired) electrons.